The smallest absolute Gasteiger partial charge is 0.226 e. The van der Waals surface area contributed by atoms with E-state index in [9.17, 15) is 4.79 Å². The van der Waals surface area contributed by atoms with Crippen LogP contribution in [0.4, 0.5) is 0 Å². The molecule has 0 unspecified atom stereocenters. The Morgan fingerprint density at radius 1 is 1.59 bits per heavy atom. The van der Waals surface area contributed by atoms with Crippen molar-refractivity contribution in [1.29, 1.82) is 0 Å². The lowest BCUT2D eigenvalue weighted by molar-refractivity contribution is -0.135. The molecule has 0 N–H and O–H groups in total. The van der Waals surface area contributed by atoms with Crippen molar-refractivity contribution in [3.63, 3.8) is 0 Å². The predicted molar refractivity (Wildman–Crippen MR) is 62.0 cm³/mol. The van der Waals surface area contributed by atoms with Crippen LogP contribution in [0, 0.1) is 12.8 Å². The first-order valence-electron chi connectivity index (χ1n) is 5.86. The predicted octanol–water partition coefficient (Wildman–Crippen LogP) is 1.69. The van der Waals surface area contributed by atoms with Gasteiger partial charge in [-0.1, -0.05) is 17.3 Å². The second-order valence-electron chi connectivity index (χ2n) is 4.41. The summed E-state index contributed by atoms with van der Waals surface area (Å²) in [5.74, 6) is 1.36. The summed E-state index contributed by atoms with van der Waals surface area (Å²) in [5.41, 5.74) is 0. The highest BCUT2D eigenvalue weighted by Gasteiger charge is 2.22. The van der Waals surface area contributed by atoms with Crippen LogP contribution in [-0.2, 0) is 11.3 Å². The number of amides is 1. The molecule has 17 heavy (non-hydrogen) atoms. The highest BCUT2D eigenvalue weighted by Crippen LogP contribution is 2.20. The number of nitrogens with zero attached hydrogens (tertiary/aromatic N) is 3. The minimum atomic E-state index is 0.109. The van der Waals surface area contributed by atoms with Gasteiger partial charge in [-0.25, -0.2) is 0 Å². The third kappa shape index (κ3) is 2.93. The van der Waals surface area contributed by atoms with Crippen molar-refractivity contribution in [2.45, 2.75) is 32.7 Å². The van der Waals surface area contributed by atoms with Gasteiger partial charge in [-0.2, -0.15) is 4.98 Å². The number of hydrogen-bond donors (Lipinski definition) is 0. The van der Waals surface area contributed by atoms with Crippen molar-refractivity contribution in [3.8, 4) is 0 Å². The number of allylic oxidation sites excluding steroid dienone is 2. The summed E-state index contributed by atoms with van der Waals surface area (Å²) < 4.78 is 4.88. The number of carbonyl (C=O) groups excluding carboxylic acids is 1. The maximum Gasteiger partial charge on any atom is 0.226 e. The molecule has 0 radical (unpaired) electrons. The normalized spacial score (nSPS) is 19.3. The van der Waals surface area contributed by atoms with Crippen molar-refractivity contribution < 1.29 is 9.32 Å². The average Bonchev–Trinajstić information content (AvgIpc) is 2.75. The number of rotatable bonds is 3. The fraction of sp³-hybridized carbons (Fsp3) is 0.583. The van der Waals surface area contributed by atoms with E-state index >= 15 is 0 Å². The fourth-order valence-corrected chi connectivity index (χ4v) is 2.03. The summed E-state index contributed by atoms with van der Waals surface area (Å²) >= 11 is 0. The Labute approximate surface area is 100 Å². The van der Waals surface area contributed by atoms with Crippen LogP contribution in [0.5, 0.6) is 0 Å². The Hall–Kier alpha value is -1.65. The highest BCUT2D eigenvalue weighted by atomic mass is 16.5. The molecule has 0 bridgehead atoms. The zero-order valence-electron chi connectivity index (χ0n) is 10.2. The molecular weight excluding hydrogens is 218 g/mol. The molecule has 1 aliphatic carbocycles. The van der Waals surface area contributed by atoms with Gasteiger partial charge in [0.2, 0.25) is 11.8 Å². The summed E-state index contributed by atoms with van der Waals surface area (Å²) in [7, 11) is 1.78. The maximum atomic E-state index is 12.1. The van der Waals surface area contributed by atoms with E-state index in [0.717, 1.165) is 19.3 Å². The number of hydrogen-bond acceptors (Lipinski definition) is 4. The Bertz CT molecular complexity index is 425. The molecule has 1 heterocycles. The van der Waals surface area contributed by atoms with Crippen LogP contribution >= 0.6 is 0 Å². The number of carbonyl (C=O) groups is 1. The number of aryl methyl sites for hydroxylation is 1. The van der Waals surface area contributed by atoms with Gasteiger partial charge in [-0.3, -0.25) is 4.79 Å². The molecule has 0 aliphatic heterocycles. The third-order valence-corrected chi connectivity index (χ3v) is 2.94. The molecule has 92 valence electrons. The lowest BCUT2D eigenvalue weighted by Crippen LogP contribution is -2.33. The second kappa shape index (κ2) is 5.12. The highest BCUT2D eigenvalue weighted by molar-refractivity contribution is 5.78. The first-order chi connectivity index (χ1) is 8.16. The summed E-state index contributed by atoms with van der Waals surface area (Å²) in [6.45, 7) is 2.15. The Morgan fingerprint density at radius 2 is 2.41 bits per heavy atom. The molecule has 5 heteroatoms. The van der Waals surface area contributed by atoms with Gasteiger partial charge in [0.1, 0.15) is 0 Å². The van der Waals surface area contributed by atoms with Crippen LogP contribution in [-0.4, -0.2) is 28.0 Å². The molecule has 1 amide bonds. The summed E-state index contributed by atoms with van der Waals surface area (Å²) in [6.07, 6.45) is 6.98. The van der Waals surface area contributed by atoms with Crippen LogP contribution in [0.15, 0.2) is 16.7 Å². The molecule has 0 aromatic carbocycles. The topological polar surface area (TPSA) is 59.2 Å². The standard InChI is InChI=1S/C12H17N3O2/c1-9-13-11(14-17-9)8-15(2)12(16)10-6-4-3-5-7-10/h3-4,10H,5-8H2,1-2H3/t10-/m0/s1. The Balaban J connectivity index is 1.93. The van der Waals surface area contributed by atoms with Gasteiger partial charge >= 0.3 is 0 Å². The molecule has 1 aromatic rings. The minimum absolute atomic E-state index is 0.109. The quantitative estimate of drug-likeness (QED) is 0.748. The molecule has 1 aliphatic rings. The van der Waals surface area contributed by atoms with E-state index in [1.54, 1.807) is 18.9 Å². The van der Waals surface area contributed by atoms with Crippen molar-refractivity contribution >= 4 is 5.91 Å². The molecule has 0 saturated carbocycles. The molecular formula is C12H17N3O2. The molecule has 0 saturated heterocycles. The molecule has 1 aromatic heterocycles. The van der Waals surface area contributed by atoms with Gasteiger partial charge in [-0.15, -0.1) is 0 Å². The van der Waals surface area contributed by atoms with Crippen LogP contribution in [0.3, 0.4) is 0 Å². The van der Waals surface area contributed by atoms with Gasteiger partial charge < -0.3 is 9.42 Å². The average molecular weight is 235 g/mol. The first-order valence-corrected chi connectivity index (χ1v) is 5.86. The maximum absolute atomic E-state index is 12.1. The summed E-state index contributed by atoms with van der Waals surface area (Å²) in [5, 5.41) is 3.79. The van der Waals surface area contributed by atoms with Crippen molar-refractivity contribution in [1.82, 2.24) is 15.0 Å². The largest absolute Gasteiger partial charge is 0.340 e. The van der Waals surface area contributed by atoms with E-state index in [1.165, 1.54) is 0 Å². The summed E-state index contributed by atoms with van der Waals surface area (Å²) in [6, 6.07) is 0. The van der Waals surface area contributed by atoms with Crippen molar-refractivity contribution in [2.24, 2.45) is 5.92 Å². The van der Waals surface area contributed by atoms with E-state index in [1.807, 2.05) is 0 Å². The molecule has 5 nitrogen and oxygen atoms in total. The van der Waals surface area contributed by atoms with Crippen LogP contribution in [0.25, 0.3) is 0 Å². The SMILES string of the molecule is Cc1nc(CN(C)C(=O)[C@H]2CC=CCC2)no1. The molecule has 2 rings (SSSR count). The van der Waals surface area contributed by atoms with Gasteiger partial charge in [0.05, 0.1) is 6.54 Å². The Morgan fingerprint density at radius 3 is 3.00 bits per heavy atom. The zero-order chi connectivity index (χ0) is 12.3. The molecule has 1 atom stereocenters. The van der Waals surface area contributed by atoms with E-state index in [0.29, 0.717) is 18.3 Å². The summed E-state index contributed by atoms with van der Waals surface area (Å²) in [4.78, 5) is 17.9. The van der Waals surface area contributed by atoms with E-state index in [2.05, 4.69) is 22.3 Å². The first kappa shape index (κ1) is 11.8. The monoisotopic (exact) mass is 235 g/mol. The third-order valence-electron chi connectivity index (χ3n) is 2.94. The zero-order valence-corrected chi connectivity index (χ0v) is 10.2. The van der Waals surface area contributed by atoms with Crippen LogP contribution in [0.2, 0.25) is 0 Å². The minimum Gasteiger partial charge on any atom is -0.340 e. The number of aromatic nitrogens is 2. The van der Waals surface area contributed by atoms with Gasteiger partial charge in [0.15, 0.2) is 5.82 Å². The van der Waals surface area contributed by atoms with E-state index in [-0.39, 0.29) is 11.8 Å². The van der Waals surface area contributed by atoms with Gasteiger partial charge in [0.25, 0.3) is 0 Å². The molecule has 0 spiro atoms. The van der Waals surface area contributed by atoms with Crippen molar-refractivity contribution in [3.05, 3.63) is 23.9 Å². The fourth-order valence-electron chi connectivity index (χ4n) is 2.03. The van der Waals surface area contributed by atoms with Crippen LogP contribution < -0.4 is 0 Å². The van der Waals surface area contributed by atoms with E-state index in [4.69, 9.17) is 4.52 Å². The van der Waals surface area contributed by atoms with Gasteiger partial charge in [0, 0.05) is 19.9 Å². The van der Waals surface area contributed by atoms with E-state index < -0.39 is 0 Å². The second-order valence-corrected chi connectivity index (χ2v) is 4.41. The van der Waals surface area contributed by atoms with Crippen molar-refractivity contribution in [2.75, 3.05) is 7.05 Å². The van der Waals surface area contributed by atoms with Gasteiger partial charge in [-0.05, 0) is 19.3 Å². The Kier molecular flexibility index (Phi) is 3.56. The lowest BCUT2D eigenvalue weighted by atomic mass is 9.93. The lowest BCUT2D eigenvalue weighted by Gasteiger charge is -2.23. The molecule has 0 fully saturated rings. The van der Waals surface area contributed by atoms with Crippen LogP contribution in [0.1, 0.15) is 31.0 Å².